The van der Waals surface area contributed by atoms with Crippen molar-refractivity contribution in [2.45, 2.75) is 13.0 Å². The fraction of sp³-hybridized carbons (Fsp3) is 0.333. The Balaban J connectivity index is 1.74. The first-order valence-electron chi connectivity index (χ1n) is 7.87. The summed E-state index contributed by atoms with van der Waals surface area (Å²) >= 11 is 5.89. The van der Waals surface area contributed by atoms with Gasteiger partial charge in [-0.3, -0.25) is 4.79 Å². The third-order valence-electron chi connectivity index (χ3n) is 3.39. The zero-order valence-electron chi connectivity index (χ0n) is 14.1. The molecular weight excluding hydrogens is 324 g/mol. The number of rotatable bonds is 8. The maximum absolute atomic E-state index is 11.6. The van der Waals surface area contributed by atoms with E-state index in [1.165, 1.54) is 5.56 Å². The van der Waals surface area contributed by atoms with Crippen molar-refractivity contribution in [3.8, 4) is 0 Å². The van der Waals surface area contributed by atoms with E-state index in [1.807, 2.05) is 66.4 Å². The highest BCUT2D eigenvalue weighted by Crippen LogP contribution is 2.11. The number of imidazole rings is 1. The lowest BCUT2D eigenvalue weighted by Crippen LogP contribution is -2.24. The molecule has 1 aromatic carbocycles. The molecule has 24 heavy (non-hydrogen) atoms. The first-order valence-corrected chi connectivity index (χ1v) is 8.25. The summed E-state index contributed by atoms with van der Waals surface area (Å²) in [6.45, 7) is 2.08. The average molecular weight is 347 g/mol. The molecule has 0 unspecified atom stereocenters. The van der Waals surface area contributed by atoms with E-state index in [-0.39, 0.29) is 5.91 Å². The van der Waals surface area contributed by atoms with Gasteiger partial charge < -0.3 is 14.8 Å². The van der Waals surface area contributed by atoms with Crippen molar-refractivity contribution < 1.29 is 4.79 Å². The first kappa shape index (κ1) is 18.2. The number of hydrogen-bond donors (Lipinski definition) is 1. The number of likely N-dealkylation sites (N-methyl/N-ethyl adjacent to an activating group) is 1. The fourth-order valence-corrected chi connectivity index (χ4v) is 2.29. The highest BCUT2D eigenvalue weighted by molar-refractivity contribution is 6.30. The van der Waals surface area contributed by atoms with Crippen LogP contribution < -0.4 is 5.32 Å². The van der Waals surface area contributed by atoms with Crippen LogP contribution in [-0.4, -0.2) is 47.5 Å². The number of nitrogens with zero attached hydrogens (tertiary/aromatic N) is 3. The molecule has 0 aliphatic rings. The van der Waals surface area contributed by atoms with Crippen molar-refractivity contribution in [2.24, 2.45) is 0 Å². The zero-order valence-corrected chi connectivity index (χ0v) is 14.8. The van der Waals surface area contributed by atoms with Gasteiger partial charge in [-0.2, -0.15) is 0 Å². The van der Waals surface area contributed by atoms with E-state index >= 15 is 0 Å². The predicted molar refractivity (Wildman–Crippen MR) is 97.2 cm³/mol. The summed E-state index contributed by atoms with van der Waals surface area (Å²) in [6.07, 6.45) is 7.93. The summed E-state index contributed by atoms with van der Waals surface area (Å²) in [4.78, 5) is 18.0. The molecule has 1 N–H and O–H groups in total. The van der Waals surface area contributed by atoms with Gasteiger partial charge in [-0.25, -0.2) is 4.98 Å². The molecule has 2 rings (SSSR count). The van der Waals surface area contributed by atoms with E-state index in [0.717, 1.165) is 23.8 Å². The average Bonchev–Trinajstić information content (AvgIpc) is 2.97. The molecular formula is C18H23ClN4O. The molecule has 0 saturated heterocycles. The van der Waals surface area contributed by atoms with Crippen molar-refractivity contribution in [3.05, 3.63) is 65.2 Å². The first-order chi connectivity index (χ1) is 11.5. The summed E-state index contributed by atoms with van der Waals surface area (Å²) < 4.78 is 2.03. The predicted octanol–water partition coefficient (Wildman–Crippen LogP) is 2.36. The molecule has 2 aromatic rings. The van der Waals surface area contributed by atoms with E-state index in [4.69, 9.17) is 11.6 Å². The van der Waals surface area contributed by atoms with E-state index in [2.05, 4.69) is 10.3 Å². The topological polar surface area (TPSA) is 50.2 Å². The van der Waals surface area contributed by atoms with Crippen LogP contribution in [0.3, 0.4) is 0 Å². The second-order valence-electron chi connectivity index (χ2n) is 5.87. The maximum Gasteiger partial charge on any atom is 0.243 e. The fourth-order valence-electron chi connectivity index (χ4n) is 2.17. The molecule has 0 spiro atoms. The van der Waals surface area contributed by atoms with Gasteiger partial charge in [0, 0.05) is 43.4 Å². The van der Waals surface area contributed by atoms with Gasteiger partial charge in [0.05, 0.1) is 12.0 Å². The molecule has 128 valence electrons. The quantitative estimate of drug-likeness (QED) is 0.746. The lowest BCUT2D eigenvalue weighted by Gasteiger charge is -2.04. The van der Waals surface area contributed by atoms with Crippen LogP contribution in [0.1, 0.15) is 11.3 Å². The Labute approximate surface area is 147 Å². The van der Waals surface area contributed by atoms with E-state index in [0.29, 0.717) is 13.0 Å². The minimum absolute atomic E-state index is 0.0718. The van der Waals surface area contributed by atoms with E-state index in [1.54, 1.807) is 6.08 Å². The van der Waals surface area contributed by atoms with Gasteiger partial charge in [-0.05, 0) is 31.8 Å². The number of hydrogen-bond acceptors (Lipinski definition) is 3. The molecule has 1 amide bonds. The standard InChI is InChI=1S/C18H23ClN4O/c1-22(2)11-3-4-18(24)20-10-9-17-13-23(14-21-17)12-15-5-7-16(19)8-6-15/h3-8,13-14H,9-12H2,1-2H3,(H,20,24)/b4-3+. The van der Waals surface area contributed by atoms with Crippen LogP contribution in [0.5, 0.6) is 0 Å². The van der Waals surface area contributed by atoms with Crippen molar-refractivity contribution in [1.29, 1.82) is 0 Å². The second kappa shape index (κ2) is 9.25. The molecule has 5 nitrogen and oxygen atoms in total. The molecule has 0 fully saturated rings. The monoisotopic (exact) mass is 346 g/mol. The Kier molecular flexibility index (Phi) is 7.03. The molecule has 0 saturated carbocycles. The van der Waals surface area contributed by atoms with Crippen LogP contribution in [-0.2, 0) is 17.8 Å². The zero-order chi connectivity index (χ0) is 17.4. The third-order valence-corrected chi connectivity index (χ3v) is 3.64. The lowest BCUT2D eigenvalue weighted by molar-refractivity contribution is -0.116. The number of aromatic nitrogens is 2. The molecule has 0 atom stereocenters. The van der Waals surface area contributed by atoms with Crippen molar-refractivity contribution >= 4 is 17.5 Å². The van der Waals surface area contributed by atoms with Gasteiger partial charge in [0.2, 0.25) is 5.91 Å². The van der Waals surface area contributed by atoms with Gasteiger partial charge in [0.1, 0.15) is 0 Å². The second-order valence-corrected chi connectivity index (χ2v) is 6.31. The van der Waals surface area contributed by atoms with E-state index < -0.39 is 0 Å². The molecule has 1 heterocycles. The van der Waals surface area contributed by atoms with Gasteiger partial charge in [0.25, 0.3) is 0 Å². The molecule has 0 aliphatic carbocycles. The van der Waals surface area contributed by atoms with Crippen LogP contribution in [0, 0.1) is 0 Å². The Morgan fingerprint density at radius 1 is 1.33 bits per heavy atom. The number of amides is 1. The summed E-state index contributed by atoms with van der Waals surface area (Å²) in [5, 5.41) is 3.60. The van der Waals surface area contributed by atoms with Gasteiger partial charge in [0.15, 0.2) is 0 Å². The number of nitrogens with one attached hydrogen (secondary N) is 1. The van der Waals surface area contributed by atoms with Crippen LogP contribution in [0.25, 0.3) is 0 Å². The molecule has 6 heteroatoms. The number of carbonyl (C=O) groups is 1. The lowest BCUT2D eigenvalue weighted by atomic mass is 10.2. The Morgan fingerprint density at radius 3 is 2.79 bits per heavy atom. The number of benzene rings is 1. The van der Waals surface area contributed by atoms with Crippen molar-refractivity contribution in [1.82, 2.24) is 19.8 Å². The van der Waals surface area contributed by atoms with Crippen LogP contribution in [0.4, 0.5) is 0 Å². The normalized spacial score (nSPS) is 11.3. The van der Waals surface area contributed by atoms with Crippen LogP contribution in [0.2, 0.25) is 5.02 Å². The number of carbonyl (C=O) groups excluding carboxylic acids is 1. The summed E-state index contributed by atoms with van der Waals surface area (Å²) in [5.74, 6) is -0.0718. The number of halogens is 1. The minimum atomic E-state index is -0.0718. The van der Waals surface area contributed by atoms with Crippen molar-refractivity contribution in [3.63, 3.8) is 0 Å². The summed E-state index contributed by atoms with van der Waals surface area (Å²) in [7, 11) is 3.92. The van der Waals surface area contributed by atoms with Gasteiger partial charge >= 0.3 is 0 Å². The van der Waals surface area contributed by atoms with Crippen molar-refractivity contribution in [2.75, 3.05) is 27.2 Å². The van der Waals surface area contributed by atoms with Crippen LogP contribution >= 0.6 is 11.6 Å². The Morgan fingerprint density at radius 2 is 2.08 bits per heavy atom. The summed E-state index contributed by atoms with van der Waals surface area (Å²) in [6, 6.07) is 7.77. The Hall–Kier alpha value is -2.11. The molecule has 0 radical (unpaired) electrons. The van der Waals surface area contributed by atoms with E-state index in [9.17, 15) is 4.79 Å². The Bertz CT molecular complexity index is 677. The van der Waals surface area contributed by atoms with Gasteiger partial charge in [-0.15, -0.1) is 0 Å². The third kappa shape index (κ3) is 6.56. The van der Waals surface area contributed by atoms with Gasteiger partial charge in [-0.1, -0.05) is 29.8 Å². The minimum Gasteiger partial charge on any atom is -0.352 e. The van der Waals surface area contributed by atoms with Crippen LogP contribution in [0.15, 0.2) is 48.9 Å². The molecule has 0 bridgehead atoms. The highest BCUT2D eigenvalue weighted by Gasteiger charge is 2.01. The molecule has 1 aromatic heterocycles. The highest BCUT2D eigenvalue weighted by atomic mass is 35.5. The molecule has 0 aliphatic heterocycles. The largest absolute Gasteiger partial charge is 0.352 e. The SMILES string of the molecule is CN(C)C/C=C/C(=O)NCCc1cn(Cc2ccc(Cl)cc2)cn1. The summed E-state index contributed by atoms with van der Waals surface area (Å²) in [5.41, 5.74) is 2.13. The maximum atomic E-state index is 11.6. The smallest absolute Gasteiger partial charge is 0.243 e.